The molecule has 2 atom stereocenters. The monoisotopic (exact) mass is 194 g/mol. The van der Waals surface area contributed by atoms with Gasteiger partial charge in [-0.1, -0.05) is 32.6 Å². The van der Waals surface area contributed by atoms with Crippen molar-refractivity contribution in [2.75, 3.05) is 0 Å². The number of fused-ring (bicyclic) bond motifs is 1. The van der Waals surface area contributed by atoms with Gasteiger partial charge in [0.05, 0.1) is 0 Å². The van der Waals surface area contributed by atoms with Crippen molar-refractivity contribution in [2.45, 2.75) is 64.7 Å². The van der Waals surface area contributed by atoms with Gasteiger partial charge in [-0.2, -0.15) is 0 Å². The van der Waals surface area contributed by atoms with Gasteiger partial charge in [-0.15, -0.1) is 0 Å². The fourth-order valence-electron chi connectivity index (χ4n) is 3.31. The molecule has 1 heteroatoms. The Hall–Kier alpha value is -0.330. The smallest absolute Gasteiger partial charge is 0.133 e. The molecule has 0 radical (unpaired) electrons. The molecule has 2 rings (SSSR count). The predicted molar refractivity (Wildman–Crippen MR) is 58.2 cm³/mol. The second kappa shape index (κ2) is 4.04. The van der Waals surface area contributed by atoms with Crippen LogP contribution in [-0.2, 0) is 4.79 Å². The van der Waals surface area contributed by atoms with E-state index in [0.29, 0.717) is 17.1 Å². The molecule has 0 heterocycles. The van der Waals surface area contributed by atoms with Crippen LogP contribution in [0.15, 0.2) is 0 Å². The Morgan fingerprint density at radius 1 is 1.14 bits per heavy atom. The van der Waals surface area contributed by atoms with E-state index >= 15 is 0 Å². The molecule has 0 aromatic heterocycles. The summed E-state index contributed by atoms with van der Waals surface area (Å²) in [7, 11) is 0. The van der Waals surface area contributed by atoms with Crippen molar-refractivity contribution < 1.29 is 4.79 Å². The molecule has 0 N–H and O–H groups in total. The third kappa shape index (κ3) is 2.02. The predicted octanol–water partition coefficient (Wildman–Crippen LogP) is 3.72. The number of hydrogen-bond donors (Lipinski definition) is 0. The van der Waals surface area contributed by atoms with E-state index < -0.39 is 0 Å². The molecular formula is C13H22O. The van der Waals surface area contributed by atoms with E-state index in [4.69, 9.17) is 0 Å². The van der Waals surface area contributed by atoms with Gasteiger partial charge in [0.1, 0.15) is 5.78 Å². The number of rotatable bonds is 0. The normalized spacial score (nSPS) is 39.8. The molecule has 2 fully saturated rings. The quantitative estimate of drug-likeness (QED) is 0.574. The third-order valence-corrected chi connectivity index (χ3v) is 4.49. The first kappa shape index (κ1) is 10.2. The average molecular weight is 194 g/mol. The first-order valence-corrected chi connectivity index (χ1v) is 6.22. The summed E-state index contributed by atoms with van der Waals surface area (Å²) < 4.78 is 0. The number of ketones is 1. The highest BCUT2D eigenvalue weighted by Crippen LogP contribution is 2.47. The van der Waals surface area contributed by atoms with Crippen molar-refractivity contribution in [2.24, 2.45) is 11.3 Å². The van der Waals surface area contributed by atoms with E-state index in [1.54, 1.807) is 0 Å². The fraction of sp³-hybridized carbons (Fsp3) is 0.923. The van der Waals surface area contributed by atoms with Crippen molar-refractivity contribution in [1.82, 2.24) is 0 Å². The Morgan fingerprint density at radius 3 is 2.79 bits per heavy atom. The molecule has 0 aromatic carbocycles. The first-order chi connectivity index (χ1) is 6.71. The van der Waals surface area contributed by atoms with E-state index in [-0.39, 0.29) is 0 Å². The highest BCUT2D eigenvalue weighted by Gasteiger charge is 2.38. The van der Waals surface area contributed by atoms with Crippen LogP contribution in [0.5, 0.6) is 0 Å². The minimum atomic E-state index is 0.508. The lowest BCUT2D eigenvalue weighted by Crippen LogP contribution is -2.35. The van der Waals surface area contributed by atoms with Gasteiger partial charge in [-0.05, 0) is 30.6 Å². The highest BCUT2D eigenvalue weighted by molar-refractivity contribution is 5.79. The Bertz CT molecular complexity index is 221. The Kier molecular flexibility index (Phi) is 2.94. The Labute approximate surface area is 87.3 Å². The summed E-state index contributed by atoms with van der Waals surface area (Å²) in [6.07, 6.45) is 11.1. The van der Waals surface area contributed by atoms with E-state index in [1.807, 2.05) is 0 Å². The summed E-state index contributed by atoms with van der Waals surface area (Å²) in [5.41, 5.74) is 0.508. The van der Waals surface area contributed by atoms with Crippen LogP contribution in [0, 0.1) is 11.3 Å². The number of carbonyl (C=O) groups is 1. The van der Waals surface area contributed by atoms with Gasteiger partial charge < -0.3 is 0 Å². The van der Waals surface area contributed by atoms with E-state index in [0.717, 1.165) is 19.3 Å². The van der Waals surface area contributed by atoms with Gasteiger partial charge in [0.2, 0.25) is 0 Å². The molecule has 0 aliphatic heterocycles. The number of carbonyl (C=O) groups excluding carboxylic acids is 1. The molecule has 1 nitrogen and oxygen atoms in total. The van der Waals surface area contributed by atoms with Crippen LogP contribution in [0.4, 0.5) is 0 Å². The van der Waals surface area contributed by atoms with E-state index in [9.17, 15) is 4.79 Å². The third-order valence-electron chi connectivity index (χ3n) is 4.49. The molecule has 0 aromatic rings. The van der Waals surface area contributed by atoms with Crippen LogP contribution in [-0.4, -0.2) is 5.78 Å². The summed E-state index contributed by atoms with van der Waals surface area (Å²) in [5.74, 6) is 1.23. The van der Waals surface area contributed by atoms with Crippen LogP contribution in [0.2, 0.25) is 0 Å². The zero-order valence-electron chi connectivity index (χ0n) is 9.35. The lowest BCUT2D eigenvalue weighted by molar-refractivity contribution is -0.125. The minimum absolute atomic E-state index is 0.508. The lowest BCUT2D eigenvalue weighted by Gasteiger charge is -2.42. The molecule has 0 bridgehead atoms. The minimum Gasteiger partial charge on any atom is -0.300 e. The molecule has 0 amide bonds. The second-order valence-electron chi connectivity index (χ2n) is 5.55. The summed E-state index contributed by atoms with van der Waals surface area (Å²) >= 11 is 0. The summed E-state index contributed by atoms with van der Waals surface area (Å²) in [6.45, 7) is 2.43. The van der Waals surface area contributed by atoms with Crippen LogP contribution in [0.3, 0.4) is 0 Å². The zero-order chi connectivity index (χ0) is 10.0. The van der Waals surface area contributed by atoms with Gasteiger partial charge in [-0.3, -0.25) is 4.79 Å². The maximum absolute atomic E-state index is 11.5. The van der Waals surface area contributed by atoms with Crippen molar-refractivity contribution >= 4 is 5.78 Å². The molecule has 0 spiro atoms. The molecule has 0 saturated heterocycles. The molecule has 2 aliphatic carbocycles. The highest BCUT2D eigenvalue weighted by atomic mass is 16.1. The van der Waals surface area contributed by atoms with Crippen LogP contribution >= 0.6 is 0 Å². The van der Waals surface area contributed by atoms with Gasteiger partial charge in [-0.25, -0.2) is 0 Å². The van der Waals surface area contributed by atoms with Gasteiger partial charge >= 0.3 is 0 Å². The van der Waals surface area contributed by atoms with Crippen LogP contribution < -0.4 is 0 Å². The first-order valence-electron chi connectivity index (χ1n) is 6.22. The summed E-state index contributed by atoms with van der Waals surface area (Å²) in [5, 5.41) is 0. The van der Waals surface area contributed by atoms with Gasteiger partial charge in [0.25, 0.3) is 0 Å². The molecular weight excluding hydrogens is 172 g/mol. The zero-order valence-corrected chi connectivity index (χ0v) is 9.35. The SMILES string of the molecule is C[C@@]12CCCCCC[C@H]1CC(=O)CC2. The molecule has 2 aliphatic rings. The van der Waals surface area contributed by atoms with Crippen molar-refractivity contribution in [3.05, 3.63) is 0 Å². The van der Waals surface area contributed by atoms with Crippen molar-refractivity contribution in [3.63, 3.8) is 0 Å². The van der Waals surface area contributed by atoms with Crippen LogP contribution in [0.1, 0.15) is 64.7 Å². The van der Waals surface area contributed by atoms with Crippen molar-refractivity contribution in [3.8, 4) is 0 Å². The van der Waals surface area contributed by atoms with E-state index in [1.165, 1.54) is 38.5 Å². The average Bonchev–Trinajstić information content (AvgIpc) is 2.14. The molecule has 2 saturated carbocycles. The summed E-state index contributed by atoms with van der Waals surface area (Å²) in [4.78, 5) is 11.5. The maximum atomic E-state index is 11.5. The Morgan fingerprint density at radius 2 is 1.93 bits per heavy atom. The number of Topliss-reactive ketones (excluding diaryl/α,β-unsaturated/α-hetero) is 1. The van der Waals surface area contributed by atoms with Crippen LogP contribution in [0.25, 0.3) is 0 Å². The van der Waals surface area contributed by atoms with Gasteiger partial charge in [0.15, 0.2) is 0 Å². The van der Waals surface area contributed by atoms with Gasteiger partial charge in [0, 0.05) is 12.8 Å². The standard InChI is InChI=1S/C13H22O/c1-13-8-5-3-2-4-6-11(13)10-12(14)7-9-13/h11H,2-10H2,1H3/t11-,13-/m0/s1. The Balaban J connectivity index is 2.07. The molecule has 0 unspecified atom stereocenters. The number of hydrogen-bond acceptors (Lipinski definition) is 1. The largest absolute Gasteiger partial charge is 0.300 e. The summed E-state index contributed by atoms with van der Waals surface area (Å²) in [6, 6.07) is 0. The van der Waals surface area contributed by atoms with E-state index in [2.05, 4.69) is 6.92 Å². The molecule has 14 heavy (non-hydrogen) atoms. The maximum Gasteiger partial charge on any atom is 0.133 e. The molecule has 80 valence electrons. The lowest BCUT2D eigenvalue weighted by atomic mass is 9.62. The topological polar surface area (TPSA) is 17.1 Å². The second-order valence-corrected chi connectivity index (χ2v) is 5.55. The fourth-order valence-corrected chi connectivity index (χ4v) is 3.31. The van der Waals surface area contributed by atoms with Crippen molar-refractivity contribution in [1.29, 1.82) is 0 Å².